The highest BCUT2D eigenvalue weighted by Crippen LogP contribution is 2.39. The summed E-state index contributed by atoms with van der Waals surface area (Å²) in [6.45, 7) is 5.88. The van der Waals surface area contributed by atoms with Crippen molar-refractivity contribution in [2.45, 2.75) is 63.3 Å². The number of urea groups is 1. The van der Waals surface area contributed by atoms with Crippen LogP contribution >= 0.6 is 22.9 Å². The first-order valence-corrected chi connectivity index (χ1v) is 18.0. The second-order valence-corrected chi connectivity index (χ2v) is 14.7. The first-order chi connectivity index (χ1) is 22.9. The lowest BCUT2D eigenvalue weighted by atomic mass is 9.91. The number of benzene rings is 1. The number of nitrogen functional groups attached to an aromatic ring is 1. The van der Waals surface area contributed by atoms with Crippen LogP contribution in [0.15, 0.2) is 22.9 Å². The average molecular weight is 710 g/mol. The predicted octanol–water partition coefficient (Wildman–Crippen LogP) is 4.83. The van der Waals surface area contributed by atoms with E-state index in [0.717, 1.165) is 56.3 Å². The second-order valence-electron chi connectivity index (χ2n) is 13.5. The minimum atomic E-state index is -4.72. The predicted molar refractivity (Wildman–Crippen MR) is 180 cm³/mol. The van der Waals surface area contributed by atoms with E-state index in [2.05, 4.69) is 22.2 Å². The highest BCUT2D eigenvalue weighted by Gasteiger charge is 2.38. The lowest BCUT2D eigenvalue weighted by Gasteiger charge is -2.43. The van der Waals surface area contributed by atoms with Gasteiger partial charge in [0.15, 0.2) is 0 Å². The third-order valence-corrected chi connectivity index (χ3v) is 11.5. The number of amides is 4. The number of fused-ring (bicyclic) bond motifs is 1. The molecule has 5 heterocycles. The third-order valence-electron chi connectivity index (χ3n) is 10.4. The van der Waals surface area contributed by atoms with Crippen LogP contribution in [0.1, 0.15) is 48.8 Å². The minimum absolute atomic E-state index is 0.0295. The van der Waals surface area contributed by atoms with Crippen LogP contribution in [0.25, 0.3) is 0 Å². The lowest BCUT2D eigenvalue weighted by Crippen LogP contribution is -2.55. The summed E-state index contributed by atoms with van der Waals surface area (Å²) in [5, 5.41) is 6.65. The standard InChI is InChI=1S/C33H43ClF3N7O3S/c1-40-6-2-24(3-7-40)41-10-12-43(13-11-41)31(46)22(14-21-15-26(33(35,36)37)30(38)27(34)16-21)17-29(45)42-8-4-25(5-9-42)44-18-23-19-48-20-28(23)39-32(44)47/h15-16,19-20,22,24-25H,2-14,17-18,38H2,1H3,(H,39,47)/t22-/m0/s1. The number of anilines is 2. The van der Waals surface area contributed by atoms with Gasteiger partial charge in [0.1, 0.15) is 0 Å². The van der Waals surface area contributed by atoms with Crippen molar-refractivity contribution in [3.8, 4) is 0 Å². The molecule has 0 spiro atoms. The van der Waals surface area contributed by atoms with Gasteiger partial charge in [-0.05, 0) is 75.3 Å². The number of nitrogens with zero attached hydrogens (tertiary/aromatic N) is 5. The number of likely N-dealkylation sites (tertiary alicyclic amines) is 2. The molecule has 0 radical (unpaired) electrons. The summed E-state index contributed by atoms with van der Waals surface area (Å²) in [4.78, 5) is 50.6. The number of hydrogen-bond donors (Lipinski definition) is 2. The Kier molecular flexibility index (Phi) is 10.4. The molecule has 0 aliphatic carbocycles. The molecule has 0 unspecified atom stereocenters. The van der Waals surface area contributed by atoms with Gasteiger partial charge in [0, 0.05) is 68.7 Å². The monoisotopic (exact) mass is 709 g/mol. The van der Waals surface area contributed by atoms with Crippen LogP contribution in [0.4, 0.5) is 29.3 Å². The Morgan fingerprint density at radius 1 is 0.979 bits per heavy atom. The van der Waals surface area contributed by atoms with Crippen LogP contribution < -0.4 is 11.1 Å². The maximum Gasteiger partial charge on any atom is 0.418 e. The van der Waals surface area contributed by atoms with Crippen LogP contribution in [0, 0.1) is 5.92 Å². The van der Waals surface area contributed by atoms with Crippen LogP contribution in [-0.4, -0.2) is 114 Å². The molecule has 10 nitrogen and oxygen atoms in total. The van der Waals surface area contributed by atoms with Gasteiger partial charge in [-0.1, -0.05) is 11.6 Å². The molecule has 3 saturated heterocycles. The first-order valence-electron chi connectivity index (χ1n) is 16.6. The normalized spacial score (nSPS) is 21.3. The van der Waals surface area contributed by atoms with Gasteiger partial charge in [-0.2, -0.15) is 13.2 Å². The molecule has 15 heteroatoms. The maximum atomic E-state index is 14.1. The van der Waals surface area contributed by atoms with Gasteiger partial charge >= 0.3 is 12.2 Å². The number of piperazine rings is 1. The van der Waals surface area contributed by atoms with E-state index in [1.165, 1.54) is 6.07 Å². The lowest BCUT2D eigenvalue weighted by molar-refractivity contribution is -0.143. The number of carbonyl (C=O) groups is 3. The minimum Gasteiger partial charge on any atom is -0.397 e. The van der Waals surface area contributed by atoms with Gasteiger partial charge in [0.2, 0.25) is 11.8 Å². The van der Waals surface area contributed by atoms with E-state index in [1.54, 1.807) is 21.1 Å². The number of hydrogen-bond acceptors (Lipinski definition) is 7. The molecular formula is C33H43ClF3N7O3S. The summed E-state index contributed by atoms with van der Waals surface area (Å²) in [6, 6.07) is 2.60. The SMILES string of the molecule is CN1CCC(N2CCN(C(=O)[C@H](CC(=O)N3CCC(N4Cc5cscc5NC4=O)CC3)Cc3cc(Cl)c(N)c(C(F)(F)F)c3)CC2)CC1. The Hall–Kier alpha value is -3.07. The number of piperidine rings is 2. The molecule has 262 valence electrons. The first kappa shape index (κ1) is 34.8. The highest BCUT2D eigenvalue weighted by molar-refractivity contribution is 7.08. The molecule has 3 N–H and O–H groups in total. The van der Waals surface area contributed by atoms with Crippen molar-refractivity contribution in [2.24, 2.45) is 5.92 Å². The number of halogens is 4. The molecule has 1 aromatic carbocycles. The largest absolute Gasteiger partial charge is 0.418 e. The fourth-order valence-electron chi connectivity index (χ4n) is 7.54. The zero-order valence-electron chi connectivity index (χ0n) is 27.1. The average Bonchev–Trinajstić information content (AvgIpc) is 3.52. The molecule has 4 aliphatic rings. The van der Waals surface area contributed by atoms with Crippen LogP contribution in [0.5, 0.6) is 0 Å². The molecule has 0 saturated carbocycles. The summed E-state index contributed by atoms with van der Waals surface area (Å²) in [5.41, 5.74) is 6.19. The molecule has 3 fully saturated rings. The topological polar surface area (TPSA) is 105 Å². The number of carbonyl (C=O) groups excluding carboxylic acids is 3. The number of nitrogens with two attached hydrogens (primary N) is 1. The second kappa shape index (κ2) is 14.4. The molecule has 4 amide bonds. The quantitative estimate of drug-likeness (QED) is 0.400. The number of alkyl halides is 3. The Morgan fingerprint density at radius 2 is 1.65 bits per heavy atom. The molecule has 6 rings (SSSR count). The van der Waals surface area contributed by atoms with Gasteiger partial charge in [0.25, 0.3) is 0 Å². The van der Waals surface area contributed by atoms with Gasteiger partial charge in [0.05, 0.1) is 34.4 Å². The summed E-state index contributed by atoms with van der Waals surface area (Å²) in [6.07, 6.45) is -1.58. The fraction of sp³-hybridized carbons (Fsp3) is 0.606. The van der Waals surface area contributed by atoms with Crippen molar-refractivity contribution in [3.63, 3.8) is 0 Å². The number of thiophene rings is 1. The molecule has 1 aromatic heterocycles. The summed E-state index contributed by atoms with van der Waals surface area (Å²) in [7, 11) is 2.12. The van der Waals surface area contributed by atoms with Crippen molar-refractivity contribution in [1.29, 1.82) is 0 Å². The van der Waals surface area contributed by atoms with E-state index in [1.807, 2.05) is 15.7 Å². The third kappa shape index (κ3) is 7.71. The van der Waals surface area contributed by atoms with Gasteiger partial charge in [-0.25, -0.2) is 4.79 Å². The van der Waals surface area contributed by atoms with Crippen molar-refractivity contribution in [2.75, 3.05) is 70.5 Å². The van der Waals surface area contributed by atoms with Crippen LogP contribution in [-0.2, 0) is 28.7 Å². The van der Waals surface area contributed by atoms with E-state index >= 15 is 0 Å². The van der Waals surface area contributed by atoms with Crippen molar-refractivity contribution >= 4 is 52.2 Å². The molecule has 4 aliphatic heterocycles. The number of rotatable bonds is 7. The maximum absolute atomic E-state index is 14.1. The van der Waals surface area contributed by atoms with E-state index < -0.39 is 23.3 Å². The Balaban J connectivity index is 1.13. The van der Waals surface area contributed by atoms with Crippen LogP contribution in [0.3, 0.4) is 0 Å². The Bertz CT molecular complexity index is 1500. The molecule has 0 bridgehead atoms. The van der Waals surface area contributed by atoms with Gasteiger partial charge in [-0.3, -0.25) is 14.5 Å². The van der Waals surface area contributed by atoms with Gasteiger partial charge < -0.3 is 30.7 Å². The summed E-state index contributed by atoms with van der Waals surface area (Å²) in [5.74, 6) is -1.33. The Labute approximate surface area is 287 Å². The molecule has 1 atom stereocenters. The van der Waals surface area contributed by atoms with Crippen LogP contribution in [0.2, 0.25) is 5.02 Å². The highest BCUT2D eigenvalue weighted by atomic mass is 35.5. The van der Waals surface area contributed by atoms with Crippen molar-refractivity contribution < 1.29 is 27.6 Å². The van der Waals surface area contributed by atoms with E-state index in [4.69, 9.17) is 17.3 Å². The summed E-state index contributed by atoms with van der Waals surface area (Å²) >= 11 is 7.68. The van der Waals surface area contributed by atoms with Crippen molar-refractivity contribution in [1.82, 2.24) is 24.5 Å². The van der Waals surface area contributed by atoms with E-state index in [0.29, 0.717) is 51.6 Å². The van der Waals surface area contributed by atoms with E-state index in [-0.39, 0.29) is 47.3 Å². The Morgan fingerprint density at radius 3 is 2.31 bits per heavy atom. The molecule has 48 heavy (non-hydrogen) atoms. The molecule has 2 aromatic rings. The zero-order valence-corrected chi connectivity index (χ0v) is 28.7. The molecular weight excluding hydrogens is 667 g/mol. The smallest absolute Gasteiger partial charge is 0.397 e. The van der Waals surface area contributed by atoms with Crippen molar-refractivity contribution in [3.05, 3.63) is 44.6 Å². The summed E-state index contributed by atoms with van der Waals surface area (Å²) < 4.78 is 41.4. The van der Waals surface area contributed by atoms with Gasteiger partial charge in [-0.15, -0.1) is 11.3 Å². The zero-order chi connectivity index (χ0) is 34.2. The fourth-order valence-corrected chi connectivity index (χ4v) is 8.57. The van der Waals surface area contributed by atoms with E-state index in [9.17, 15) is 27.6 Å². The number of nitrogens with one attached hydrogen (secondary N) is 1.